The predicted octanol–water partition coefficient (Wildman–Crippen LogP) is 3.05. The molecule has 0 saturated heterocycles. The number of carbonyl (C=O) groups is 1. The van der Waals surface area contributed by atoms with Crippen molar-refractivity contribution in [1.29, 1.82) is 0 Å². The summed E-state index contributed by atoms with van der Waals surface area (Å²) in [5.41, 5.74) is 5.49. The van der Waals surface area contributed by atoms with Gasteiger partial charge in [-0.3, -0.25) is 0 Å². The lowest BCUT2D eigenvalue weighted by atomic mass is 10.2. The van der Waals surface area contributed by atoms with Gasteiger partial charge in [0.25, 0.3) is 0 Å². The zero-order valence-electron chi connectivity index (χ0n) is 11.7. The van der Waals surface area contributed by atoms with Gasteiger partial charge in [-0.05, 0) is 45.0 Å². The highest BCUT2D eigenvalue weighted by Gasteiger charge is 2.19. The van der Waals surface area contributed by atoms with Crippen molar-refractivity contribution in [2.45, 2.75) is 38.2 Å². The highest BCUT2D eigenvalue weighted by atomic mass is 32.2. The molecule has 0 aliphatic heterocycles. The van der Waals surface area contributed by atoms with E-state index in [2.05, 4.69) is 4.36 Å². The molecule has 0 saturated carbocycles. The Morgan fingerprint density at radius 2 is 1.84 bits per heavy atom. The summed E-state index contributed by atoms with van der Waals surface area (Å²) in [7, 11) is -2.80. The fraction of sp³-hybridized carbons (Fsp3) is 0.462. The van der Waals surface area contributed by atoms with Gasteiger partial charge in [-0.25, -0.2) is 9.00 Å². The lowest BCUT2D eigenvalue weighted by Gasteiger charge is -2.18. The van der Waals surface area contributed by atoms with Crippen LogP contribution in [0.1, 0.15) is 27.7 Å². The number of rotatable bonds is 2. The summed E-state index contributed by atoms with van der Waals surface area (Å²) < 4.78 is 21.5. The number of nitrogens with zero attached hydrogens (tertiary/aromatic N) is 1. The number of amides is 1. The monoisotopic (exact) mass is 284 g/mol. The molecule has 0 radical (unpaired) electrons. The van der Waals surface area contributed by atoms with Crippen LogP contribution in [0.15, 0.2) is 33.5 Å². The van der Waals surface area contributed by atoms with E-state index in [0.717, 1.165) is 0 Å². The van der Waals surface area contributed by atoms with E-state index in [9.17, 15) is 9.00 Å². The molecule has 0 fully saturated rings. The second kappa shape index (κ2) is 5.61. The van der Waals surface area contributed by atoms with Crippen molar-refractivity contribution in [1.82, 2.24) is 0 Å². The molecule has 1 atom stereocenters. The Kier molecular flexibility index (Phi) is 4.57. The van der Waals surface area contributed by atoms with Crippen LogP contribution in [0.5, 0.6) is 0 Å². The van der Waals surface area contributed by atoms with Crippen molar-refractivity contribution in [3.8, 4) is 0 Å². The fourth-order valence-corrected chi connectivity index (χ4v) is 2.77. The van der Waals surface area contributed by atoms with E-state index < -0.39 is 21.4 Å². The molecule has 0 spiro atoms. The van der Waals surface area contributed by atoms with Crippen LogP contribution >= 0.6 is 0 Å². The summed E-state index contributed by atoms with van der Waals surface area (Å²) in [6, 6.07) is 6.51. The Balaban J connectivity index is 3.14. The first kappa shape index (κ1) is 15.5. The molecule has 1 rings (SSSR count). The van der Waals surface area contributed by atoms with Gasteiger partial charge in [0.05, 0.1) is 9.73 Å². The maximum absolute atomic E-state index is 12.7. The van der Waals surface area contributed by atoms with Gasteiger partial charge in [-0.1, -0.05) is 6.92 Å². The van der Waals surface area contributed by atoms with E-state index >= 15 is 0 Å². The van der Waals surface area contributed by atoms with Gasteiger partial charge < -0.3 is 10.5 Å². The van der Waals surface area contributed by atoms with Gasteiger partial charge in [0.1, 0.15) is 5.60 Å². The van der Waals surface area contributed by atoms with Crippen molar-refractivity contribution in [2.24, 2.45) is 4.36 Å². The van der Waals surface area contributed by atoms with Crippen LogP contribution < -0.4 is 5.73 Å². The maximum Gasteiger partial charge on any atom is 0.442 e. The molecular weight excluding hydrogens is 264 g/mol. The van der Waals surface area contributed by atoms with Crippen molar-refractivity contribution in [3.05, 3.63) is 24.3 Å². The average Bonchev–Trinajstić information content (AvgIpc) is 2.26. The van der Waals surface area contributed by atoms with Gasteiger partial charge in [0, 0.05) is 16.3 Å². The number of carbonyl (C=O) groups excluding carboxylic acids is 1. The summed E-state index contributed by atoms with van der Waals surface area (Å²) >= 11 is 0. The first-order valence-corrected chi connectivity index (χ1v) is 7.68. The molecule has 1 unspecified atom stereocenters. The highest BCUT2D eigenvalue weighted by Crippen LogP contribution is 2.17. The topological polar surface area (TPSA) is 81.8 Å². The van der Waals surface area contributed by atoms with Gasteiger partial charge in [0.15, 0.2) is 0 Å². The number of hydrogen-bond acceptors (Lipinski definition) is 4. The number of anilines is 1. The number of nitrogens with two attached hydrogens (primary N) is 1. The Labute approximate surface area is 114 Å². The van der Waals surface area contributed by atoms with E-state index in [1.807, 2.05) is 0 Å². The van der Waals surface area contributed by atoms with Crippen molar-refractivity contribution >= 4 is 21.5 Å². The summed E-state index contributed by atoms with van der Waals surface area (Å²) in [6.45, 7) is 6.92. The molecule has 1 aromatic rings. The molecule has 0 aliphatic rings. The minimum atomic E-state index is -2.80. The Morgan fingerprint density at radius 3 is 2.26 bits per heavy atom. The minimum Gasteiger partial charge on any atom is -0.442 e. The predicted molar refractivity (Wildman–Crippen MR) is 76.5 cm³/mol. The van der Waals surface area contributed by atoms with Crippen LogP contribution in [0.25, 0.3) is 0 Å². The summed E-state index contributed by atoms with van der Waals surface area (Å²) in [5.74, 6) is 0.232. The number of ether oxygens (including phenoxy) is 1. The van der Waals surface area contributed by atoms with E-state index in [0.29, 0.717) is 10.6 Å². The molecule has 1 amide bonds. The van der Waals surface area contributed by atoms with Gasteiger partial charge in [0.2, 0.25) is 0 Å². The number of hydrogen-bond donors (Lipinski definition) is 1. The third-order valence-electron chi connectivity index (χ3n) is 2.26. The standard InChI is InChI=1S/C13H20N2O3S/c1-5-19(17,11-8-6-10(14)7-9-11)15-12(16)18-13(2,3)4/h6-9H,5,14H2,1-4H3. The summed E-state index contributed by atoms with van der Waals surface area (Å²) in [4.78, 5) is 12.2. The molecular formula is C13H20N2O3S. The van der Waals surface area contributed by atoms with E-state index in [4.69, 9.17) is 10.5 Å². The second-order valence-corrected chi connectivity index (χ2v) is 7.58. The smallest absolute Gasteiger partial charge is 0.442 e. The van der Waals surface area contributed by atoms with Crippen LogP contribution in [0.3, 0.4) is 0 Å². The average molecular weight is 284 g/mol. The van der Waals surface area contributed by atoms with Gasteiger partial charge in [-0.2, -0.15) is 0 Å². The Morgan fingerprint density at radius 1 is 1.32 bits per heavy atom. The van der Waals surface area contributed by atoms with Crippen LogP contribution in [-0.4, -0.2) is 21.7 Å². The van der Waals surface area contributed by atoms with Crippen LogP contribution in [-0.2, 0) is 14.5 Å². The van der Waals surface area contributed by atoms with E-state index in [-0.39, 0.29) is 5.75 Å². The zero-order valence-corrected chi connectivity index (χ0v) is 12.5. The van der Waals surface area contributed by atoms with E-state index in [1.54, 1.807) is 52.0 Å². The third kappa shape index (κ3) is 4.55. The number of nitrogen functional groups attached to an aromatic ring is 1. The van der Waals surface area contributed by atoms with Gasteiger partial charge in [-0.15, -0.1) is 4.36 Å². The molecule has 0 heterocycles. The molecule has 0 aliphatic carbocycles. The van der Waals surface area contributed by atoms with Crippen LogP contribution in [0.4, 0.5) is 10.5 Å². The molecule has 19 heavy (non-hydrogen) atoms. The molecule has 0 aromatic heterocycles. The molecule has 106 valence electrons. The fourth-order valence-electron chi connectivity index (χ4n) is 1.37. The Bertz CT molecular complexity index is 565. The van der Waals surface area contributed by atoms with E-state index in [1.165, 1.54) is 0 Å². The largest absolute Gasteiger partial charge is 0.442 e. The summed E-state index contributed by atoms with van der Waals surface area (Å²) in [6.07, 6.45) is -0.809. The summed E-state index contributed by atoms with van der Waals surface area (Å²) in [5, 5.41) is 0. The lowest BCUT2D eigenvalue weighted by Crippen LogP contribution is -2.23. The third-order valence-corrected chi connectivity index (χ3v) is 4.49. The molecule has 6 heteroatoms. The molecule has 2 N–H and O–H groups in total. The first-order valence-electron chi connectivity index (χ1n) is 6.00. The Hall–Kier alpha value is -1.56. The zero-order chi connectivity index (χ0) is 14.7. The van der Waals surface area contributed by atoms with Crippen molar-refractivity contribution in [3.63, 3.8) is 0 Å². The van der Waals surface area contributed by atoms with Crippen molar-refractivity contribution < 1.29 is 13.7 Å². The SMILES string of the molecule is CCS(=O)(=NC(=O)OC(C)(C)C)c1ccc(N)cc1. The number of benzene rings is 1. The minimum absolute atomic E-state index is 0.232. The first-order chi connectivity index (χ1) is 8.66. The molecule has 5 nitrogen and oxygen atoms in total. The lowest BCUT2D eigenvalue weighted by molar-refractivity contribution is 0.0607. The van der Waals surface area contributed by atoms with Crippen molar-refractivity contribution in [2.75, 3.05) is 11.5 Å². The van der Waals surface area contributed by atoms with Gasteiger partial charge >= 0.3 is 6.09 Å². The molecule has 0 bridgehead atoms. The molecule has 1 aromatic carbocycles. The van der Waals surface area contributed by atoms with Crippen LogP contribution in [0, 0.1) is 0 Å². The van der Waals surface area contributed by atoms with Crippen LogP contribution in [0.2, 0.25) is 0 Å². The maximum atomic E-state index is 12.7. The second-order valence-electron chi connectivity index (χ2n) is 5.07. The highest BCUT2D eigenvalue weighted by molar-refractivity contribution is 7.93. The quantitative estimate of drug-likeness (QED) is 0.846. The normalized spacial score (nSPS) is 14.5.